The van der Waals surface area contributed by atoms with Crippen molar-refractivity contribution < 1.29 is 18.7 Å². The van der Waals surface area contributed by atoms with E-state index in [1.165, 1.54) is 6.42 Å². The van der Waals surface area contributed by atoms with E-state index in [-0.39, 0.29) is 17.9 Å². The number of nitrogens with zero attached hydrogens (tertiary/aromatic N) is 5. The minimum absolute atomic E-state index is 0.0790. The Balaban J connectivity index is 1.11. The number of hydrogen-bond donors (Lipinski definition) is 0. The largest absolute Gasteiger partial charge is 0.497 e. The van der Waals surface area contributed by atoms with Crippen LogP contribution in [0.25, 0.3) is 17.3 Å². The van der Waals surface area contributed by atoms with E-state index in [0.29, 0.717) is 43.5 Å². The van der Waals surface area contributed by atoms with Crippen LogP contribution in [0.3, 0.4) is 0 Å². The van der Waals surface area contributed by atoms with E-state index in [4.69, 9.17) is 9.15 Å². The molecule has 1 unspecified atom stereocenters. The van der Waals surface area contributed by atoms with Crippen LogP contribution < -0.4 is 4.74 Å². The zero-order chi connectivity index (χ0) is 27.9. The number of benzene rings is 1. The maximum Gasteiger partial charge on any atom is 0.226 e. The number of carbonyl (C=O) groups excluding carboxylic acids is 2. The Morgan fingerprint density at radius 2 is 1.85 bits per heavy atom. The molecule has 10 heteroatoms. The molecule has 1 atom stereocenters. The Hall–Kier alpha value is -3.27. The van der Waals surface area contributed by atoms with Crippen LogP contribution in [0.15, 0.2) is 52.2 Å². The summed E-state index contributed by atoms with van der Waals surface area (Å²) in [4.78, 5) is 29.9. The first kappa shape index (κ1) is 28.3. The molecule has 1 aromatic carbocycles. The molecule has 1 saturated heterocycles. The summed E-state index contributed by atoms with van der Waals surface area (Å²) < 4.78 is 12.9. The smallest absolute Gasteiger partial charge is 0.226 e. The predicted molar refractivity (Wildman–Crippen MR) is 155 cm³/mol. The van der Waals surface area contributed by atoms with Crippen molar-refractivity contribution in [2.24, 2.45) is 5.92 Å². The van der Waals surface area contributed by atoms with Gasteiger partial charge in [-0.2, -0.15) is 0 Å². The van der Waals surface area contributed by atoms with E-state index >= 15 is 0 Å². The van der Waals surface area contributed by atoms with Crippen LogP contribution in [-0.2, 0) is 9.59 Å². The van der Waals surface area contributed by atoms with Gasteiger partial charge in [0.25, 0.3) is 0 Å². The van der Waals surface area contributed by atoms with E-state index in [1.54, 1.807) is 25.1 Å². The first-order valence-electron chi connectivity index (χ1n) is 14.4. The van der Waals surface area contributed by atoms with Gasteiger partial charge in [0.05, 0.1) is 19.1 Å². The summed E-state index contributed by atoms with van der Waals surface area (Å²) in [5.74, 6) is 3.55. The highest BCUT2D eigenvalue weighted by molar-refractivity contribution is 7.99. The molecule has 3 aromatic rings. The van der Waals surface area contributed by atoms with Crippen molar-refractivity contribution >= 4 is 23.6 Å². The van der Waals surface area contributed by atoms with Gasteiger partial charge in [-0.3, -0.25) is 14.2 Å². The third kappa shape index (κ3) is 6.54. The van der Waals surface area contributed by atoms with Crippen LogP contribution in [0.4, 0.5) is 0 Å². The summed E-state index contributed by atoms with van der Waals surface area (Å²) in [6, 6.07) is 11.6. The van der Waals surface area contributed by atoms with Gasteiger partial charge >= 0.3 is 0 Å². The number of hydrogen-bond acceptors (Lipinski definition) is 7. The van der Waals surface area contributed by atoms with E-state index < -0.39 is 0 Å². The number of piperazine rings is 1. The molecule has 3 heterocycles. The van der Waals surface area contributed by atoms with Gasteiger partial charge < -0.3 is 19.0 Å². The molecule has 214 valence electrons. The number of unbranched alkanes of at least 4 members (excludes halogenated alkanes) is 1. The van der Waals surface area contributed by atoms with Gasteiger partial charge in [-0.05, 0) is 69.0 Å². The lowest BCUT2D eigenvalue weighted by atomic mass is 9.88. The fourth-order valence-electron chi connectivity index (χ4n) is 5.69. The van der Waals surface area contributed by atoms with Crippen LogP contribution in [0.5, 0.6) is 5.75 Å². The van der Waals surface area contributed by atoms with Crippen molar-refractivity contribution in [2.45, 2.75) is 69.5 Å². The number of aromatic nitrogens is 3. The van der Waals surface area contributed by atoms with E-state index in [1.807, 2.05) is 50.8 Å². The fourth-order valence-corrected chi connectivity index (χ4v) is 6.64. The number of methoxy groups -OCH3 is 1. The lowest BCUT2D eigenvalue weighted by Crippen LogP contribution is -2.56. The summed E-state index contributed by atoms with van der Waals surface area (Å²) in [5, 5.41) is 9.61. The second-order valence-electron chi connectivity index (χ2n) is 10.7. The first-order valence-corrected chi connectivity index (χ1v) is 15.4. The third-order valence-corrected chi connectivity index (χ3v) is 8.95. The Bertz CT molecular complexity index is 1250. The molecule has 0 spiro atoms. The first-order chi connectivity index (χ1) is 19.5. The van der Waals surface area contributed by atoms with Gasteiger partial charge in [-0.1, -0.05) is 31.0 Å². The van der Waals surface area contributed by atoms with Crippen molar-refractivity contribution in [1.29, 1.82) is 0 Å². The molecule has 0 N–H and O–H groups in total. The molecule has 9 nitrogen and oxygen atoms in total. The van der Waals surface area contributed by atoms with Crippen molar-refractivity contribution in [1.82, 2.24) is 24.6 Å². The highest BCUT2D eigenvalue weighted by Gasteiger charge is 2.33. The monoisotopic (exact) mass is 565 g/mol. The van der Waals surface area contributed by atoms with Gasteiger partial charge in [0.1, 0.15) is 5.75 Å². The van der Waals surface area contributed by atoms with Crippen LogP contribution in [0.1, 0.15) is 58.3 Å². The van der Waals surface area contributed by atoms with Gasteiger partial charge in [0, 0.05) is 43.8 Å². The maximum atomic E-state index is 13.0. The maximum absolute atomic E-state index is 13.0. The molecule has 2 amide bonds. The quantitative estimate of drug-likeness (QED) is 0.239. The van der Waals surface area contributed by atoms with Crippen molar-refractivity contribution in [2.75, 3.05) is 32.5 Å². The van der Waals surface area contributed by atoms with Crippen LogP contribution >= 0.6 is 11.8 Å². The van der Waals surface area contributed by atoms with Gasteiger partial charge in [-0.15, -0.1) is 10.2 Å². The number of ether oxygens (including phenoxy) is 1. The molecule has 0 radical (unpaired) electrons. The molecule has 2 fully saturated rings. The molecule has 40 heavy (non-hydrogen) atoms. The molecular formula is C30H39N5O4S. The van der Waals surface area contributed by atoms with E-state index in [9.17, 15) is 9.59 Å². The highest BCUT2D eigenvalue weighted by Crippen LogP contribution is 2.30. The Morgan fingerprint density at radius 1 is 1.05 bits per heavy atom. The molecule has 2 aliphatic rings. The molecule has 5 rings (SSSR count). The average molecular weight is 566 g/mol. The topological polar surface area (TPSA) is 93.7 Å². The van der Waals surface area contributed by atoms with E-state index in [2.05, 4.69) is 17.1 Å². The molecule has 1 aliphatic heterocycles. The molecular weight excluding hydrogens is 526 g/mol. The highest BCUT2D eigenvalue weighted by atomic mass is 32.2. The summed E-state index contributed by atoms with van der Waals surface area (Å²) >= 11 is 1.62. The van der Waals surface area contributed by atoms with E-state index in [0.717, 1.165) is 60.9 Å². The second kappa shape index (κ2) is 13.4. The van der Waals surface area contributed by atoms with Crippen molar-refractivity contribution in [3.8, 4) is 23.0 Å². The van der Waals surface area contributed by atoms with Crippen molar-refractivity contribution in [3.05, 3.63) is 42.7 Å². The lowest BCUT2D eigenvalue weighted by Gasteiger charge is -2.41. The van der Waals surface area contributed by atoms with Crippen LogP contribution in [0.2, 0.25) is 0 Å². The van der Waals surface area contributed by atoms with Crippen LogP contribution in [0, 0.1) is 5.92 Å². The zero-order valence-corrected chi connectivity index (χ0v) is 24.3. The Labute approximate surface area is 240 Å². The predicted octanol–water partition coefficient (Wildman–Crippen LogP) is 5.44. The van der Waals surface area contributed by atoms with Crippen LogP contribution in [-0.4, -0.2) is 74.9 Å². The number of amides is 2. The van der Waals surface area contributed by atoms with Gasteiger partial charge in [0.2, 0.25) is 17.6 Å². The standard InChI is InChI=1S/C30H39N5O4S/c1-22-21-33(17-18-34(22)29(37)23-9-4-3-5-10-23)27(36)12-6-7-20-40-30-32-31-28(26-11-8-19-39-26)35(30)24-13-15-25(38-2)16-14-24/h8,11,13-16,19,22-23H,3-7,9-10,12,17-18,20-21H2,1-2H3. The summed E-state index contributed by atoms with van der Waals surface area (Å²) in [5.41, 5.74) is 0.921. The molecule has 1 saturated carbocycles. The number of carbonyl (C=O) groups is 2. The normalized spacial score (nSPS) is 18.2. The fraction of sp³-hybridized carbons (Fsp3) is 0.533. The Kier molecular flexibility index (Phi) is 9.46. The zero-order valence-electron chi connectivity index (χ0n) is 23.5. The Morgan fingerprint density at radius 3 is 2.55 bits per heavy atom. The summed E-state index contributed by atoms with van der Waals surface area (Å²) in [6.07, 6.45) is 9.44. The number of furan rings is 1. The second-order valence-corrected chi connectivity index (χ2v) is 11.7. The SMILES string of the molecule is COc1ccc(-n2c(SCCCCC(=O)N3CCN(C(=O)C4CCCCC4)C(C)C3)nnc2-c2ccco2)cc1. The van der Waals surface area contributed by atoms with Gasteiger partial charge in [-0.25, -0.2) is 0 Å². The minimum Gasteiger partial charge on any atom is -0.497 e. The molecule has 0 bridgehead atoms. The number of thioether (sulfide) groups is 1. The lowest BCUT2D eigenvalue weighted by molar-refractivity contribution is -0.146. The minimum atomic E-state index is 0.0790. The molecule has 1 aliphatic carbocycles. The summed E-state index contributed by atoms with van der Waals surface area (Å²) in [7, 11) is 1.65. The number of rotatable bonds is 10. The average Bonchev–Trinajstić information content (AvgIpc) is 3.67. The van der Waals surface area contributed by atoms with Gasteiger partial charge in [0.15, 0.2) is 10.9 Å². The third-order valence-electron chi connectivity index (χ3n) is 7.94. The summed E-state index contributed by atoms with van der Waals surface area (Å²) in [6.45, 7) is 3.99. The van der Waals surface area contributed by atoms with Crippen molar-refractivity contribution in [3.63, 3.8) is 0 Å². The molecule has 2 aromatic heterocycles.